The number of nitrogens with zero attached hydrogens (tertiary/aromatic N) is 1. The van der Waals surface area contributed by atoms with Gasteiger partial charge < -0.3 is 21.4 Å². The smallest absolute Gasteiger partial charge is 0.339 e. The quantitative estimate of drug-likeness (QED) is 0.304. The Bertz CT molecular complexity index is 1070. The molecule has 3 rings (SSSR count). The summed E-state index contributed by atoms with van der Waals surface area (Å²) in [5.74, 6) is 4.09. The fourth-order valence-electron chi connectivity index (χ4n) is 2.08. The third-order valence-corrected chi connectivity index (χ3v) is 4.83. The Balaban J connectivity index is 0.000000221. The molecule has 0 atom stereocenters. The molecule has 29 heavy (non-hydrogen) atoms. The van der Waals surface area contributed by atoms with Gasteiger partial charge >= 0.3 is 5.97 Å². The summed E-state index contributed by atoms with van der Waals surface area (Å²) < 4.78 is 26.2. The Morgan fingerprint density at radius 3 is 2.21 bits per heavy atom. The molecule has 0 unspecified atom stereocenters. The van der Waals surface area contributed by atoms with E-state index in [1.54, 1.807) is 18.2 Å². The highest BCUT2D eigenvalue weighted by Crippen LogP contribution is 2.20. The van der Waals surface area contributed by atoms with Gasteiger partial charge in [-0.05, 0) is 54.6 Å². The van der Waals surface area contributed by atoms with Crippen molar-refractivity contribution in [3.63, 3.8) is 0 Å². The van der Waals surface area contributed by atoms with E-state index in [0.717, 1.165) is 0 Å². The van der Waals surface area contributed by atoms with Crippen LogP contribution in [-0.4, -0.2) is 24.5 Å². The van der Waals surface area contributed by atoms with E-state index in [9.17, 15) is 13.2 Å². The van der Waals surface area contributed by atoms with Crippen molar-refractivity contribution in [3.8, 4) is 5.75 Å². The monoisotopic (exact) mass is 417 g/mol. The highest BCUT2D eigenvalue weighted by atomic mass is 32.2. The molecule has 152 valence electrons. The van der Waals surface area contributed by atoms with E-state index in [4.69, 9.17) is 22.5 Å². The molecule has 0 amide bonds. The van der Waals surface area contributed by atoms with Gasteiger partial charge in [0.15, 0.2) is 5.75 Å². The first-order valence-corrected chi connectivity index (χ1v) is 9.50. The lowest BCUT2D eigenvalue weighted by molar-refractivity contribution is 0.0692. The molecule has 0 fully saturated rings. The van der Waals surface area contributed by atoms with Gasteiger partial charge in [-0.15, -0.1) is 0 Å². The number of anilines is 3. The van der Waals surface area contributed by atoms with Gasteiger partial charge in [-0.2, -0.15) is 5.90 Å². The minimum absolute atomic E-state index is 0.0440. The molecule has 0 saturated carbocycles. The Morgan fingerprint density at radius 1 is 1.00 bits per heavy atom. The molecule has 0 spiro atoms. The van der Waals surface area contributed by atoms with Gasteiger partial charge in [-0.25, -0.2) is 18.2 Å². The number of carboxylic acid groups (broad SMARTS) is 1. The maximum absolute atomic E-state index is 11.9. The summed E-state index contributed by atoms with van der Waals surface area (Å²) in [5.41, 5.74) is 11.7. The van der Waals surface area contributed by atoms with Crippen LogP contribution in [0.3, 0.4) is 0 Å². The van der Waals surface area contributed by atoms with Crippen LogP contribution in [0.2, 0.25) is 0 Å². The van der Waals surface area contributed by atoms with Gasteiger partial charge in [0.05, 0.1) is 4.90 Å². The number of sulfonamides is 1. The van der Waals surface area contributed by atoms with E-state index in [-0.39, 0.29) is 22.0 Å². The molecular formula is C18H19N5O5S. The molecule has 0 aliphatic rings. The fourth-order valence-corrected chi connectivity index (χ4v) is 3.09. The zero-order valence-electron chi connectivity index (χ0n) is 15.0. The second kappa shape index (κ2) is 9.39. The number of hydrogen-bond donors (Lipinski definition) is 5. The minimum atomic E-state index is -3.60. The van der Waals surface area contributed by atoms with Crippen LogP contribution in [0.5, 0.6) is 5.75 Å². The van der Waals surface area contributed by atoms with E-state index in [1.165, 1.54) is 48.7 Å². The van der Waals surface area contributed by atoms with Gasteiger partial charge in [0, 0.05) is 17.6 Å². The average molecular weight is 417 g/mol. The predicted octanol–water partition coefficient (Wildman–Crippen LogP) is 1.68. The lowest BCUT2D eigenvalue weighted by Crippen LogP contribution is -2.13. The van der Waals surface area contributed by atoms with E-state index >= 15 is 0 Å². The number of aromatic nitrogens is 1. The van der Waals surface area contributed by atoms with E-state index in [2.05, 4.69) is 14.5 Å². The molecule has 3 aromatic rings. The summed E-state index contributed by atoms with van der Waals surface area (Å²) in [4.78, 5) is 18.9. The maximum Gasteiger partial charge on any atom is 0.339 e. The molecule has 0 radical (unpaired) electrons. The standard InChI is InChI=1S/C11H11N3O2S.C7H8N2O3/c12-9-4-6-10(7-5-9)17(15,16)14-11-3-1-2-8-13-11;8-4-1-2-6(12-9)5(3-4)7(10)11/h1-8H,12H2,(H,13,14);1-3H,8-9H2,(H,10,11). The highest BCUT2D eigenvalue weighted by molar-refractivity contribution is 7.92. The van der Waals surface area contributed by atoms with Gasteiger partial charge in [-0.3, -0.25) is 4.72 Å². The summed E-state index contributed by atoms with van der Waals surface area (Å²) in [6.07, 6.45) is 1.51. The summed E-state index contributed by atoms with van der Waals surface area (Å²) in [5, 5.41) is 8.63. The van der Waals surface area contributed by atoms with Crippen molar-refractivity contribution >= 4 is 33.2 Å². The molecule has 11 heteroatoms. The second-order valence-electron chi connectivity index (χ2n) is 5.57. The topological polar surface area (TPSA) is 184 Å². The summed E-state index contributed by atoms with van der Waals surface area (Å²) in [6.45, 7) is 0. The Kier molecular flexibility index (Phi) is 6.95. The Morgan fingerprint density at radius 2 is 1.66 bits per heavy atom. The first-order valence-electron chi connectivity index (χ1n) is 8.02. The van der Waals surface area contributed by atoms with E-state index < -0.39 is 16.0 Å². The molecule has 0 bridgehead atoms. The first-order chi connectivity index (χ1) is 13.7. The lowest BCUT2D eigenvalue weighted by Gasteiger charge is -2.06. The number of carbonyl (C=O) groups is 1. The second-order valence-corrected chi connectivity index (χ2v) is 7.25. The molecule has 0 aliphatic heterocycles. The van der Waals surface area contributed by atoms with E-state index in [0.29, 0.717) is 11.4 Å². The number of nitrogens with one attached hydrogen (secondary N) is 1. The van der Waals surface area contributed by atoms with Crippen LogP contribution >= 0.6 is 0 Å². The van der Waals surface area contributed by atoms with Gasteiger partial charge in [0.2, 0.25) is 0 Å². The van der Waals surface area contributed by atoms with Gasteiger partial charge in [0.1, 0.15) is 11.4 Å². The normalized spacial score (nSPS) is 10.4. The zero-order chi connectivity index (χ0) is 21.4. The number of nitrogen functional groups attached to an aromatic ring is 2. The van der Waals surface area contributed by atoms with Crippen LogP contribution in [0.15, 0.2) is 71.8 Å². The van der Waals surface area contributed by atoms with Crippen molar-refractivity contribution in [3.05, 3.63) is 72.4 Å². The summed E-state index contributed by atoms with van der Waals surface area (Å²) in [7, 11) is -3.60. The van der Waals surface area contributed by atoms with E-state index in [1.807, 2.05) is 0 Å². The number of nitrogens with two attached hydrogens (primary N) is 3. The van der Waals surface area contributed by atoms with Gasteiger partial charge in [0.25, 0.3) is 10.0 Å². The van der Waals surface area contributed by atoms with Crippen molar-refractivity contribution < 1.29 is 23.2 Å². The van der Waals surface area contributed by atoms with Crippen LogP contribution in [0.25, 0.3) is 0 Å². The zero-order valence-corrected chi connectivity index (χ0v) is 15.8. The largest absolute Gasteiger partial charge is 0.478 e. The third kappa shape index (κ3) is 6.09. The summed E-state index contributed by atoms with van der Waals surface area (Å²) >= 11 is 0. The van der Waals surface area contributed by atoms with Crippen LogP contribution in [0.4, 0.5) is 17.2 Å². The minimum Gasteiger partial charge on any atom is -0.478 e. The number of pyridine rings is 1. The van der Waals surface area contributed by atoms with Gasteiger partial charge in [-0.1, -0.05) is 6.07 Å². The molecule has 0 saturated heterocycles. The fraction of sp³-hybridized carbons (Fsp3) is 0. The van der Waals surface area contributed by atoms with Crippen molar-refractivity contribution in [2.45, 2.75) is 4.90 Å². The van der Waals surface area contributed by atoms with Crippen molar-refractivity contribution in [1.29, 1.82) is 0 Å². The molecule has 2 aromatic carbocycles. The predicted molar refractivity (Wildman–Crippen MR) is 109 cm³/mol. The summed E-state index contributed by atoms with van der Waals surface area (Å²) in [6, 6.07) is 15.1. The molecule has 8 N–H and O–H groups in total. The molecule has 0 aliphatic carbocycles. The Hall–Kier alpha value is -3.83. The van der Waals surface area contributed by atoms with Crippen molar-refractivity contribution in [1.82, 2.24) is 4.98 Å². The maximum atomic E-state index is 11.9. The number of carboxylic acids is 1. The number of benzene rings is 2. The van der Waals surface area contributed by atoms with Crippen molar-refractivity contribution in [2.75, 3.05) is 16.2 Å². The first kappa shape index (κ1) is 21.5. The number of hydrogen-bond acceptors (Lipinski definition) is 8. The van der Waals surface area contributed by atoms with Crippen molar-refractivity contribution in [2.24, 2.45) is 5.90 Å². The molecule has 10 nitrogen and oxygen atoms in total. The highest BCUT2D eigenvalue weighted by Gasteiger charge is 2.14. The van der Waals surface area contributed by atoms with Crippen LogP contribution in [-0.2, 0) is 10.0 Å². The van der Waals surface area contributed by atoms with Crippen LogP contribution in [0, 0.1) is 0 Å². The van der Waals surface area contributed by atoms with Crippen LogP contribution in [0.1, 0.15) is 10.4 Å². The SMILES string of the molecule is NOc1ccc(N)cc1C(=O)O.Nc1ccc(S(=O)(=O)Nc2ccccn2)cc1. The number of aromatic carboxylic acids is 1. The number of rotatable bonds is 5. The molecule has 1 aromatic heterocycles. The molecule has 1 heterocycles. The Labute approximate surface area is 166 Å². The lowest BCUT2D eigenvalue weighted by atomic mass is 10.2. The van der Waals surface area contributed by atoms with Crippen LogP contribution < -0.4 is 26.9 Å². The average Bonchev–Trinajstić information content (AvgIpc) is 2.69. The third-order valence-electron chi connectivity index (χ3n) is 3.46. The molecular weight excluding hydrogens is 398 g/mol.